The van der Waals surface area contributed by atoms with Gasteiger partial charge in [-0.15, -0.1) is 0 Å². The molecule has 1 aromatic rings. The summed E-state index contributed by atoms with van der Waals surface area (Å²) in [5, 5.41) is 3.27. The van der Waals surface area contributed by atoms with E-state index in [1.54, 1.807) is 18.5 Å². The van der Waals surface area contributed by atoms with Crippen molar-refractivity contribution >= 4 is 11.6 Å². The molecule has 1 N–H and O–H groups in total. The molecular weight excluding hydrogens is 238 g/mol. The van der Waals surface area contributed by atoms with Crippen LogP contribution >= 0.6 is 0 Å². The van der Waals surface area contributed by atoms with E-state index in [9.17, 15) is 4.79 Å². The third kappa shape index (κ3) is 4.54. The zero-order valence-corrected chi connectivity index (χ0v) is 12.3. The van der Waals surface area contributed by atoms with E-state index in [0.29, 0.717) is 0 Å². The first-order valence-corrected chi connectivity index (χ1v) is 7.21. The molecule has 0 saturated carbocycles. The van der Waals surface area contributed by atoms with Crippen LogP contribution in [-0.2, 0) is 0 Å². The van der Waals surface area contributed by atoms with E-state index < -0.39 is 0 Å². The highest BCUT2D eigenvalue weighted by atomic mass is 16.2. The SMILES string of the molecule is CCCCN(CC)C(=O)c1ccncc1NCCC. The van der Waals surface area contributed by atoms with E-state index in [2.05, 4.69) is 24.1 Å². The summed E-state index contributed by atoms with van der Waals surface area (Å²) in [4.78, 5) is 18.5. The van der Waals surface area contributed by atoms with Gasteiger partial charge >= 0.3 is 0 Å². The lowest BCUT2D eigenvalue weighted by molar-refractivity contribution is 0.0763. The van der Waals surface area contributed by atoms with Crippen LogP contribution in [0.2, 0.25) is 0 Å². The van der Waals surface area contributed by atoms with Gasteiger partial charge in [-0.1, -0.05) is 20.3 Å². The lowest BCUT2D eigenvalue weighted by Crippen LogP contribution is -2.32. The second-order valence-corrected chi connectivity index (χ2v) is 4.59. The number of carbonyl (C=O) groups excluding carboxylic acids is 1. The number of nitrogens with zero attached hydrogens (tertiary/aromatic N) is 2. The Morgan fingerprint density at radius 1 is 1.32 bits per heavy atom. The highest BCUT2D eigenvalue weighted by molar-refractivity contribution is 5.99. The molecule has 0 spiro atoms. The summed E-state index contributed by atoms with van der Waals surface area (Å²) in [6.07, 6.45) is 6.58. The summed E-state index contributed by atoms with van der Waals surface area (Å²) < 4.78 is 0. The monoisotopic (exact) mass is 263 g/mol. The molecular formula is C15H25N3O. The number of nitrogens with one attached hydrogen (secondary N) is 1. The number of anilines is 1. The molecule has 0 atom stereocenters. The van der Waals surface area contributed by atoms with E-state index in [-0.39, 0.29) is 5.91 Å². The molecule has 1 amide bonds. The predicted molar refractivity (Wildman–Crippen MR) is 79.5 cm³/mol. The van der Waals surface area contributed by atoms with E-state index in [1.165, 1.54) is 0 Å². The van der Waals surface area contributed by atoms with Crippen molar-refractivity contribution in [2.75, 3.05) is 25.0 Å². The van der Waals surface area contributed by atoms with Crippen molar-refractivity contribution in [3.05, 3.63) is 24.0 Å². The van der Waals surface area contributed by atoms with Crippen LogP contribution in [0.1, 0.15) is 50.4 Å². The van der Waals surface area contributed by atoms with Crippen LogP contribution in [0.25, 0.3) is 0 Å². The highest BCUT2D eigenvalue weighted by Crippen LogP contribution is 2.16. The lowest BCUT2D eigenvalue weighted by atomic mass is 10.2. The van der Waals surface area contributed by atoms with Gasteiger partial charge in [0.1, 0.15) is 0 Å². The van der Waals surface area contributed by atoms with Crippen molar-refractivity contribution in [3.63, 3.8) is 0 Å². The lowest BCUT2D eigenvalue weighted by Gasteiger charge is -2.22. The van der Waals surface area contributed by atoms with Crippen LogP contribution in [0.15, 0.2) is 18.5 Å². The summed E-state index contributed by atoms with van der Waals surface area (Å²) in [5.41, 5.74) is 1.56. The van der Waals surface area contributed by atoms with Crippen LogP contribution in [0.5, 0.6) is 0 Å². The zero-order valence-electron chi connectivity index (χ0n) is 12.3. The molecule has 1 heterocycles. The van der Waals surface area contributed by atoms with E-state index in [0.717, 1.165) is 50.1 Å². The molecule has 0 unspecified atom stereocenters. The summed E-state index contributed by atoms with van der Waals surface area (Å²) in [5.74, 6) is 0.0944. The number of hydrogen-bond acceptors (Lipinski definition) is 3. The van der Waals surface area contributed by atoms with Crippen LogP contribution in [-0.4, -0.2) is 35.4 Å². The van der Waals surface area contributed by atoms with Crippen molar-refractivity contribution in [2.45, 2.75) is 40.0 Å². The highest BCUT2D eigenvalue weighted by Gasteiger charge is 2.16. The Bertz CT molecular complexity index is 393. The van der Waals surface area contributed by atoms with Crippen LogP contribution in [0, 0.1) is 0 Å². The molecule has 1 aromatic heterocycles. The predicted octanol–water partition coefficient (Wildman–Crippen LogP) is 3.17. The largest absolute Gasteiger partial charge is 0.383 e. The Kier molecular flexibility index (Phi) is 6.93. The summed E-state index contributed by atoms with van der Waals surface area (Å²) >= 11 is 0. The molecule has 0 fully saturated rings. The number of pyridine rings is 1. The first kappa shape index (κ1) is 15.5. The maximum atomic E-state index is 12.5. The molecule has 0 saturated heterocycles. The van der Waals surface area contributed by atoms with Gasteiger partial charge in [0.25, 0.3) is 5.91 Å². The number of rotatable bonds is 8. The van der Waals surface area contributed by atoms with Crippen molar-refractivity contribution in [2.24, 2.45) is 0 Å². The first-order chi connectivity index (χ1) is 9.24. The maximum Gasteiger partial charge on any atom is 0.256 e. The summed E-state index contributed by atoms with van der Waals surface area (Å²) in [7, 11) is 0. The van der Waals surface area contributed by atoms with Crippen molar-refractivity contribution < 1.29 is 4.79 Å². The summed E-state index contributed by atoms with van der Waals surface area (Å²) in [6.45, 7) is 8.68. The molecule has 0 aliphatic rings. The number of aromatic nitrogens is 1. The Hall–Kier alpha value is -1.58. The molecule has 4 nitrogen and oxygen atoms in total. The third-order valence-electron chi connectivity index (χ3n) is 3.07. The quantitative estimate of drug-likeness (QED) is 0.783. The van der Waals surface area contributed by atoms with Gasteiger partial charge in [0.05, 0.1) is 17.4 Å². The van der Waals surface area contributed by atoms with Gasteiger partial charge in [-0.3, -0.25) is 9.78 Å². The Labute approximate surface area is 116 Å². The minimum Gasteiger partial charge on any atom is -0.383 e. The van der Waals surface area contributed by atoms with Crippen LogP contribution in [0.3, 0.4) is 0 Å². The second-order valence-electron chi connectivity index (χ2n) is 4.59. The Morgan fingerprint density at radius 3 is 2.74 bits per heavy atom. The standard InChI is InChI=1S/C15H25N3O/c1-4-7-11-18(6-3)15(19)13-8-10-16-12-14(13)17-9-5-2/h8,10,12,17H,4-7,9,11H2,1-3H3. The molecule has 1 rings (SSSR count). The van der Waals surface area contributed by atoms with Gasteiger partial charge < -0.3 is 10.2 Å². The molecule has 0 aliphatic heterocycles. The average Bonchev–Trinajstić information content (AvgIpc) is 2.46. The van der Waals surface area contributed by atoms with Crippen molar-refractivity contribution in [3.8, 4) is 0 Å². The number of amides is 1. The number of carbonyl (C=O) groups is 1. The molecule has 0 bridgehead atoms. The molecule has 19 heavy (non-hydrogen) atoms. The van der Waals surface area contributed by atoms with Crippen LogP contribution < -0.4 is 5.32 Å². The second kappa shape index (κ2) is 8.51. The van der Waals surface area contributed by atoms with Gasteiger partial charge in [-0.2, -0.15) is 0 Å². The fourth-order valence-corrected chi connectivity index (χ4v) is 1.90. The normalized spacial score (nSPS) is 10.3. The van der Waals surface area contributed by atoms with Gasteiger partial charge in [-0.05, 0) is 25.8 Å². The molecule has 4 heteroatoms. The van der Waals surface area contributed by atoms with Gasteiger partial charge in [0.15, 0.2) is 0 Å². The number of hydrogen-bond donors (Lipinski definition) is 1. The molecule has 0 radical (unpaired) electrons. The molecule has 106 valence electrons. The smallest absolute Gasteiger partial charge is 0.256 e. The topological polar surface area (TPSA) is 45.2 Å². The average molecular weight is 263 g/mol. The first-order valence-electron chi connectivity index (χ1n) is 7.21. The van der Waals surface area contributed by atoms with E-state index in [4.69, 9.17) is 0 Å². The fourth-order valence-electron chi connectivity index (χ4n) is 1.90. The van der Waals surface area contributed by atoms with E-state index in [1.807, 2.05) is 11.8 Å². The number of unbranched alkanes of at least 4 members (excludes halogenated alkanes) is 1. The maximum absolute atomic E-state index is 12.5. The van der Waals surface area contributed by atoms with Gasteiger partial charge in [-0.25, -0.2) is 0 Å². The summed E-state index contributed by atoms with van der Waals surface area (Å²) in [6, 6.07) is 1.80. The minimum atomic E-state index is 0.0944. The van der Waals surface area contributed by atoms with E-state index >= 15 is 0 Å². The van der Waals surface area contributed by atoms with Crippen molar-refractivity contribution in [1.29, 1.82) is 0 Å². The zero-order chi connectivity index (χ0) is 14.1. The molecule has 0 aromatic carbocycles. The fraction of sp³-hybridized carbons (Fsp3) is 0.600. The van der Waals surface area contributed by atoms with Crippen molar-refractivity contribution in [1.82, 2.24) is 9.88 Å². The Balaban J connectivity index is 2.84. The Morgan fingerprint density at radius 2 is 2.11 bits per heavy atom. The van der Waals surface area contributed by atoms with Crippen LogP contribution in [0.4, 0.5) is 5.69 Å². The minimum absolute atomic E-state index is 0.0944. The van der Waals surface area contributed by atoms with Gasteiger partial charge in [0.2, 0.25) is 0 Å². The van der Waals surface area contributed by atoms with Gasteiger partial charge in [0, 0.05) is 25.8 Å². The third-order valence-corrected chi connectivity index (χ3v) is 3.07. The molecule has 0 aliphatic carbocycles.